The van der Waals surface area contributed by atoms with Gasteiger partial charge in [-0.25, -0.2) is 8.42 Å². The van der Waals surface area contributed by atoms with Gasteiger partial charge < -0.3 is 4.90 Å². The van der Waals surface area contributed by atoms with Crippen LogP contribution in [0.3, 0.4) is 0 Å². The number of carbonyl (C=O) groups is 1. The van der Waals surface area contributed by atoms with Crippen molar-refractivity contribution in [3.63, 3.8) is 0 Å². The molecule has 2 heterocycles. The summed E-state index contributed by atoms with van der Waals surface area (Å²) in [4.78, 5) is 16.4. The predicted octanol–water partition coefficient (Wildman–Crippen LogP) is 1.54. The first-order valence-electron chi connectivity index (χ1n) is 8.92. The summed E-state index contributed by atoms with van der Waals surface area (Å²) in [7, 11) is -1.28. The molecule has 6 nitrogen and oxygen atoms in total. The Balaban J connectivity index is 1.80. The Kier molecular flexibility index (Phi) is 5.18. The van der Waals surface area contributed by atoms with Gasteiger partial charge in [0.15, 0.2) is 0 Å². The average molecular weight is 365 g/mol. The van der Waals surface area contributed by atoms with E-state index < -0.39 is 10.0 Å². The molecular weight excluding hydrogens is 338 g/mol. The van der Waals surface area contributed by atoms with Crippen LogP contribution in [0.15, 0.2) is 30.3 Å². The number of rotatable bonds is 5. The number of amides is 1. The average Bonchev–Trinajstić information content (AvgIpc) is 3.04. The fourth-order valence-corrected chi connectivity index (χ4v) is 5.47. The van der Waals surface area contributed by atoms with Crippen molar-refractivity contribution in [3.8, 4) is 0 Å². The molecule has 0 saturated carbocycles. The molecule has 0 aliphatic carbocycles. The van der Waals surface area contributed by atoms with Crippen LogP contribution >= 0.6 is 0 Å². The maximum absolute atomic E-state index is 12.6. The smallest absolute Gasteiger partial charge is 0.241 e. The summed E-state index contributed by atoms with van der Waals surface area (Å²) in [5.74, 6) is 0.275. The van der Waals surface area contributed by atoms with Crippen molar-refractivity contribution in [1.82, 2.24) is 9.21 Å². The highest BCUT2D eigenvalue weighted by molar-refractivity contribution is 7.89. The summed E-state index contributed by atoms with van der Waals surface area (Å²) in [6, 6.07) is 9.63. The van der Waals surface area contributed by atoms with Gasteiger partial charge in [-0.2, -0.15) is 4.31 Å². The normalized spacial score (nSPS) is 25.8. The van der Waals surface area contributed by atoms with E-state index in [2.05, 4.69) is 0 Å². The van der Waals surface area contributed by atoms with Crippen LogP contribution in [-0.2, 0) is 14.8 Å². The van der Waals surface area contributed by atoms with Gasteiger partial charge in [0.2, 0.25) is 15.9 Å². The van der Waals surface area contributed by atoms with E-state index in [9.17, 15) is 13.2 Å². The van der Waals surface area contributed by atoms with E-state index in [1.54, 1.807) is 4.31 Å². The van der Waals surface area contributed by atoms with Gasteiger partial charge in [0.05, 0.1) is 17.8 Å². The number of unbranched alkanes of at least 4 members (excludes halogenated alkanes) is 1. The van der Waals surface area contributed by atoms with Crippen LogP contribution in [0.1, 0.15) is 26.2 Å². The molecule has 1 aromatic carbocycles. The molecule has 0 radical (unpaired) electrons. The van der Waals surface area contributed by atoms with E-state index in [4.69, 9.17) is 0 Å². The van der Waals surface area contributed by atoms with Crippen LogP contribution in [-0.4, -0.2) is 68.0 Å². The quantitative estimate of drug-likeness (QED) is 0.794. The molecule has 0 aromatic heterocycles. The van der Waals surface area contributed by atoms with Gasteiger partial charge in [-0.05, 0) is 32.0 Å². The Hall–Kier alpha value is -1.44. The first-order chi connectivity index (χ1) is 11.9. The third kappa shape index (κ3) is 3.59. The number of benzene rings is 1. The minimum Gasteiger partial charge on any atom is -0.309 e. The van der Waals surface area contributed by atoms with E-state index in [1.807, 2.05) is 54.1 Å². The molecule has 1 atom stereocenters. The summed E-state index contributed by atoms with van der Waals surface area (Å²) in [5.41, 5.74) is 0.579. The standard InChI is InChI=1S/C18H27N3O3S/c1-3-4-12-25(23,24)20-11-10-18(14-20)15-21(17(22)13-19(18)2)16-8-6-5-7-9-16/h5-9H,3-4,10-15H2,1-2H3/t18-/m0/s1. The van der Waals surface area contributed by atoms with E-state index in [-0.39, 0.29) is 17.2 Å². The van der Waals surface area contributed by atoms with Crippen molar-refractivity contribution in [2.45, 2.75) is 31.7 Å². The Labute approximate surface area is 150 Å². The molecule has 0 bridgehead atoms. The lowest BCUT2D eigenvalue weighted by Crippen LogP contribution is -2.64. The maximum Gasteiger partial charge on any atom is 0.241 e. The molecule has 0 N–H and O–H groups in total. The number of anilines is 1. The molecule has 2 saturated heterocycles. The summed E-state index contributed by atoms with van der Waals surface area (Å²) in [6.45, 7) is 3.85. The molecule has 3 rings (SSSR count). The molecule has 1 aromatic rings. The minimum absolute atomic E-state index is 0.0617. The van der Waals surface area contributed by atoms with Crippen LogP contribution in [0.4, 0.5) is 5.69 Å². The lowest BCUT2D eigenvalue weighted by molar-refractivity contribution is -0.123. The van der Waals surface area contributed by atoms with Gasteiger partial charge in [-0.15, -0.1) is 0 Å². The SMILES string of the molecule is CCCCS(=O)(=O)N1CC[C@@]2(CN(c3ccccc3)C(=O)CN2C)C1. The van der Waals surface area contributed by atoms with Crippen molar-refractivity contribution in [3.05, 3.63) is 30.3 Å². The van der Waals surface area contributed by atoms with Crippen LogP contribution in [0.2, 0.25) is 0 Å². The molecule has 1 amide bonds. The van der Waals surface area contributed by atoms with Crippen molar-refractivity contribution in [2.75, 3.05) is 43.9 Å². The first kappa shape index (κ1) is 18.4. The number of hydrogen-bond donors (Lipinski definition) is 0. The highest BCUT2D eigenvalue weighted by atomic mass is 32.2. The number of piperazine rings is 1. The minimum atomic E-state index is -3.21. The van der Waals surface area contributed by atoms with Gasteiger partial charge in [0.1, 0.15) is 0 Å². The van der Waals surface area contributed by atoms with Crippen LogP contribution < -0.4 is 4.90 Å². The zero-order valence-corrected chi connectivity index (χ0v) is 15.8. The molecule has 25 heavy (non-hydrogen) atoms. The number of para-hydroxylation sites is 1. The molecular formula is C18H27N3O3S. The molecule has 7 heteroatoms. The second-order valence-corrected chi connectivity index (χ2v) is 9.24. The van der Waals surface area contributed by atoms with Crippen LogP contribution in [0.5, 0.6) is 0 Å². The topological polar surface area (TPSA) is 60.9 Å². The first-order valence-corrected chi connectivity index (χ1v) is 10.5. The summed E-state index contributed by atoms with van der Waals surface area (Å²) in [5, 5.41) is 0. The predicted molar refractivity (Wildman–Crippen MR) is 99.0 cm³/mol. The number of nitrogens with zero attached hydrogens (tertiary/aromatic N) is 3. The number of carbonyl (C=O) groups excluding carboxylic acids is 1. The van der Waals surface area contributed by atoms with Crippen LogP contribution in [0, 0.1) is 0 Å². The lowest BCUT2D eigenvalue weighted by atomic mass is 9.92. The maximum atomic E-state index is 12.6. The van der Waals surface area contributed by atoms with Gasteiger partial charge in [0, 0.05) is 25.3 Å². The Morgan fingerprint density at radius 2 is 1.88 bits per heavy atom. The van der Waals surface area contributed by atoms with Gasteiger partial charge in [-0.3, -0.25) is 9.69 Å². The Bertz CT molecular complexity index is 722. The second-order valence-electron chi connectivity index (χ2n) is 7.15. The zero-order chi connectivity index (χ0) is 18.1. The van der Waals surface area contributed by atoms with Crippen molar-refractivity contribution in [1.29, 1.82) is 0 Å². The van der Waals surface area contributed by atoms with E-state index >= 15 is 0 Å². The molecule has 1 spiro atoms. The van der Waals surface area contributed by atoms with E-state index in [1.165, 1.54) is 0 Å². The van der Waals surface area contributed by atoms with Gasteiger partial charge in [0.25, 0.3) is 0 Å². The third-order valence-electron chi connectivity index (χ3n) is 5.45. The fourth-order valence-electron chi connectivity index (χ4n) is 3.76. The number of hydrogen-bond acceptors (Lipinski definition) is 4. The largest absolute Gasteiger partial charge is 0.309 e. The number of likely N-dealkylation sites (N-methyl/N-ethyl adjacent to an activating group) is 1. The highest BCUT2D eigenvalue weighted by Crippen LogP contribution is 2.34. The summed E-state index contributed by atoms with van der Waals surface area (Å²) >= 11 is 0. The van der Waals surface area contributed by atoms with Crippen LogP contribution in [0.25, 0.3) is 0 Å². The summed E-state index contributed by atoms with van der Waals surface area (Å²) < 4.78 is 26.8. The van der Waals surface area contributed by atoms with Crippen molar-refractivity contribution >= 4 is 21.6 Å². The van der Waals surface area contributed by atoms with Gasteiger partial charge >= 0.3 is 0 Å². The van der Waals surface area contributed by atoms with Gasteiger partial charge in [-0.1, -0.05) is 31.5 Å². The Morgan fingerprint density at radius 3 is 2.56 bits per heavy atom. The Morgan fingerprint density at radius 1 is 1.16 bits per heavy atom. The monoisotopic (exact) mass is 365 g/mol. The molecule has 2 aliphatic rings. The summed E-state index contributed by atoms with van der Waals surface area (Å²) in [6.07, 6.45) is 2.32. The fraction of sp³-hybridized carbons (Fsp3) is 0.611. The lowest BCUT2D eigenvalue weighted by Gasteiger charge is -2.46. The van der Waals surface area contributed by atoms with Crippen molar-refractivity contribution < 1.29 is 13.2 Å². The molecule has 0 unspecified atom stereocenters. The zero-order valence-electron chi connectivity index (χ0n) is 15.0. The molecule has 2 fully saturated rings. The second kappa shape index (κ2) is 7.05. The van der Waals surface area contributed by atoms with Crippen molar-refractivity contribution in [2.24, 2.45) is 0 Å². The molecule has 2 aliphatic heterocycles. The third-order valence-corrected chi connectivity index (χ3v) is 7.35. The van der Waals surface area contributed by atoms with E-state index in [0.717, 1.165) is 18.5 Å². The highest BCUT2D eigenvalue weighted by Gasteiger charge is 2.49. The molecule has 138 valence electrons. The van der Waals surface area contributed by atoms with E-state index in [0.29, 0.717) is 32.6 Å². The number of sulfonamides is 1.